The van der Waals surface area contributed by atoms with Gasteiger partial charge in [0.15, 0.2) is 11.6 Å². The fraction of sp³-hybridized carbons (Fsp3) is 0.300. The maximum absolute atomic E-state index is 13.7. The number of carbonyl (C=O) groups is 1. The largest absolute Gasteiger partial charge is 0.494 e. The topological polar surface area (TPSA) is 47.6 Å². The molecule has 0 bridgehead atoms. The number of nitrogens with one attached hydrogen (secondary N) is 1. The van der Waals surface area contributed by atoms with Gasteiger partial charge in [-0.3, -0.25) is 0 Å². The average Bonchev–Trinajstić information content (AvgIpc) is 2.65. The van der Waals surface area contributed by atoms with Gasteiger partial charge in [0.2, 0.25) is 0 Å². The van der Waals surface area contributed by atoms with Crippen LogP contribution in [0.15, 0.2) is 12.1 Å². The quantitative estimate of drug-likeness (QED) is 0.840. The average molecular weight is 229 g/mol. The highest BCUT2D eigenvalue weighted by Crippen LogP contribution is 2.29. The molecule has 4 nitrogen and oxygen atoms in total. The van der Waals surface area contributed by atoms with Crippen molar-refractivity contribution < 1.29 is 23.0 Å². The number of amides is 1. The minimum atomic E-state index is -0.821. The van der Waals surface area contributed by atoms with Crippen LogP contribution in [0, 0.1) is 11.6 Å². The summed E-state index contributed by atoms with van der Waals surface area (Å²) in [7, 11) is 1.28. The van der Waals surface area contributed by atoms with Crippen LogP contribution in [0.2, 0.25) is 0 Å². The second-order valence-electron chi connectivity index (χ2n) is 3.27. The molecule has 0 radical (unpaired) electrons. The van der Waals surface area contributed by atoms with Crippen molar-refractivity contribution in [2.45, 2.75) is 6.04 Å². The van der Waals surface area contributed by atoms with Crippen LogP contribution >= 0.6 is 0 Å². The molecule has 86 valence electrons. The Labute approximate surface area is 90.2 Å². The summed E-state index contributed by atoms with van der Waals surface area (Å²) < 4.78 is 36.5. The van der Waals surface area contributed by atoms with Gasteiger partial charge in [-0.1, -0.05) is 0 Å². The van der Waals surface area contributed by atoms with Crippen molar-refractivity contribution in [1.82, 2.24) is 5.32 Å². The Kier molecular flexibility index (Phi) is 2.64. The highest BCUT2D eigenvalue weighted by molar-refractivity contribution is 5.70. The number of rotatable bonds is 2. The third kappa shape index (κ3) is 1.66. The minimum absolute atomic E-state index is 0.0717. The molecule has 1 atom stereocenters. The zero-order chi connectivity index (χ0) is 11.7. The Hall–Kier alpha value is -1.85. The fourth-order valence-corrected chi connectivity index (χ4v) is 1.57. The Morgan fingerprint density at radius 3 is 2.81 bits per heavy atom. The van der Waals surface area contributed by atoms with Gasteiger partial charge in [-0.25, -0.2) is 13.6 Å². The van der Waals surface area contributed by atoms with Crippen molar-refractivity contribution in [3.8, 4) is 5.75 Å². The lowest BCUT2D eigenvalue weighted by atomic mass is 10.1. The summed E-state index contributed by atoms with van der Waals surface area (Å²) in [5, 5.41) is 2.31. The van der Waals surface area contributed by atoms with E-state index in [1.54, 1.807) is 0 Å². The molecule has 0 aliphatic carbocycles. The molecule has 1 heterocycles. The molecular weight excluding hydrogens is 220 g/mol. The van der Waals surface area contributed by atoms with E-state index in [1.807, 2.05) is 0 Å². The normalized spacial score (nSPS) is 19.2. The summed E-state index contributed by atoms with van der Waals surface area (Å²) in [5.41, 5.74) is -0.245. The van der Waals surface area contributed by atoms with E-state index >= 15 is 0 Å². The lowest BCUT2D eigenvalue weighted by molar-refractivity contribution is 0.176. The van der Waals surface area contributed by atoms with Crippen LogP contribution in [0.1, 0.15) is 11.6 Å². The molecule has 0 aromatic heterocycles. The zero-order valence-electron chi connectivity index (χ0n) is 8.42. The Balaban J connectivity index is 2.42. The van der Waals surface area contributed by atoms with Gasteiger partial charge in [0.25, 0.3) is 0 Å². The van der Waals surface area contributed by atoms with Crippen LogP contribution in [-0.4, -0.2) is 19.8 Å². The standard InChI is InChI=1S/C10H9F2NO3/c1-15-7-3-2-5(11)8(9(7)12)6-4-16-10(14)13-6/h2-3,6H,4H2,1H3,(H,13,14)/t6-/m1/s1. The van der Waals surface area contributed by atoms with Gasteiger partial charge in [-0.15, -0.1) is 0 Å². The Morgan fingerprint density at radius 1 is 1.50 bits per heavy atom. The van der Waals surface area contributed by atoms with Crippen LogP contribution < -0.4 is 10.1 Å². The van der Waals surface area contributed by atoms with Crippen LogP contribution in [0.25, 0.3) is 0 Å². The fourth-order valence-electron chi connectivity index (χ4n) is 1.57. The number of alkyl carbamates (subject to hydrolysis) is 1. The van der Waals surface area contributed by atoms with E-state index in [0.717, 1.165) is 6.07 Å². The van der Waals surface area contributed by atoms with Gasteiger partial charge in [-0.05, 0) is 12.1 Å². The van der Waals surface area contributed by atoms with Gasteiger partial charge in [0.05, 0.1) is 18.7 Å². The Bertz CT molecular complexity index is 436. The van der Waals surface area contributed by atoms with Crippen molar-refractivity contribution in [3.05, 3.63) is 29.3 Å². The lowest BCUT2D eigenvalue weighted by Crippen LogP contribution is -2.20. The van der Waals surface area contributed by atoms with E-state index in [9.17, 15) is 13.6 Å². The maximum Gasteiger partial charge on any atom is 0.407 e. The zero-order valence-corrected chi connectivity index (χ0v) is 8.42. The molecule has 2 rings (SSSR count). The minimum Gasteiger partial charge on any atom is -0.494 e. The summed E-state index contributed by atoms with van der Waals surface area (Å²) in [4.78, 5) is 10.8. The highest BCUT2D eigenvalue weighted by atomic mass is 19.1. The van der Waals surface area contributed by atoms with E-state index < -0.39 is 23.8 Å². The molecule has 1 aliphatic heterocycles. The third-order valence-corrected chi connectivity index (χ3v) is 2.33. The number of carbonyl (C=O) groups excluding carboxylic acids is 1. The summed E-state index contributed by atoms with van der Waals surface area (Å²) >= 11 is 0. The molecule has 1 aromatic rings. The predicted octanol–water partition coefficient (Wildman–Crippen LogP) is 1.75. The summed E-state index contributed by atoms with van der Waals surface area (Å²) in [6.07, 6.45) is -0.688. The molecule has 1 N–H and O–H groups in total. The third-order valence-electron chi connectivity index (χ3n) is 2.33. The number of cyclic esters (lactones) is 1. The molecule has 0 saturated carbocycles. The predicted molar refractivity (Wildman–Crippen MR) is 50.1 cm³/mol. The second kappa shape index (κ2) is 3.96. The highest BCUT2D eigenvalue weighted by Gasteiger charge is 2.30. The van der Waals surface area contributed by atoms with E-state index in [0.29, 0.717) is 0 Å². The number of ether oxygens (including phenoxy) is 2. The molecule has 1 amide bonds. The molecule has 1 saturated heterocycles. The SMILES string of the molecule is COc1ccc(F)c([C@H]2COC(=O)N2)c1F. The van der Waals surface area contributed by atoms with Crippen molar-refractivity contribution in [2.75, 3.05) is 13.7 Å². The van der Waals surface area contributed by atoms with Gasteiger partial charge in [0.1, 0.15) is 12.4 Å². The molecule has 1 aromatic carbocycles. The van der Waals surface area contributed by atoms with Crippen LogP contribution in [0.4, 0.5) is 13.6 Å². The van der Waals surface area contributed by atoms with Crippen molar-refractivity contribution >= 4 is 6.09 Å². The number of benzene rings is 1. The van der Waals surface area contributed by atoms with Gasteiger partial charge < -0.3 is 14.8 Å². The number of halogens is 2. The maximum atomic E-state index is 13.7. The smallest absolute Gasteiger partial charge is 0.407 e. The Morgan fingerprint density at radius 2 is 2.25 bits per heavy atom. The molecule has 6 heteroatoms. The van der Waals surface area contributed by atoms with Crippen LogP contribution in [0.5, 0.6) is 5.75 Å². The van der Waals surface area contributed by atoms with Gasteiger partial charge in [-0.2, -0.15) is 0 Å². The van der Waals surface area contributed by atoms with Crippen molar-refractivity contribution in [3.63, 3.8) is 0 Å². The lowest BCUT2D eigenvalue weighted by Gasteiger charge is -2.12. The van der Waals surface area contributed by atoms with Gasteiger partial charge >= 0.3 is 6.09 Å². The number of hydrogen-bond donors (Lipinski definition) is 1. The molecule has 0 unspecified atom stereocenters. The van der Waals surface area contributed by atoms with Crippen LogP contribution in [0.3, 0.4) is 0 Å². The first-order valence-electron chi connectivity index (χ1n) is 4.58. The van der Waals surface area contributed by atoms with E-state index in [1.165, 1.54) is 13.2 Å². The van der Waals surface area contributed by atoms with Crippen LogP contribution in [-0.2, 0) is 4.74 Å². The summed E-state index contributed by atoms with van der Waals surface area (Å²) in [6.45, 7) is -0.0974. The number of hydrogen-bond acceptors (Lipinski definition) is 3. The monoisotopic (exact) mass is 229 g/mol. The van der Waals surface area contributed by atoms with Crippen molar-refractivity contribution in [1.29, 1.82) is 0 Å². The number of methoxy groups -OCH3 is 1. The summed E-state index contributed by atoms with van der Waals surface area (Å²) in [5.74, 6) is -1.63. The molecule has 16 heavy (non-hydrogen) atoms. The first-order chi connectivity index (χ1) is 7.63. The first kappa shape index (κ1) is 10.7. The second-order valence-corrected chi connectivity index (χ2v) is 3.27. The van der Waals surface area contributed by atoms with E-state index in [2.05, 4.69) is 10.1 Å². The van der Waals surface area contributed by atoms with E-state index in [4.69, 9.17) is 4.74 Å². The molecule has 1 fully saturated rings. The first-order valence-corrected chi connectivity index (χ1v) is 4.58. The molecular formula is C10H9F2NO3. The van der Waals surface area contributed by atoms with Gasteiger partial charge in [0, 0.05) is 0 Å². The van der Waals surface area contributed by atoms with Crippen molar-refractivity contribution in [2.24, 2.45) is 0 Å². The molecule has 0 spiro atoms. The van der Waals surface area contributed by atoms with E-state index in [-0.39, 0.29) is 17.9 Å². The molecule has 1 aliphatic rings. The summed E-state index contributed by atoms with van der Waals surface area (Å²) in [6, 6.07) is 1.45.